The van der Waals surface area contributed by atoms with Crippen LogP contribution in [-0.2, 0) is 0 Å². The topological polar surface area (TPSA) is 69.9 Å². The first kappa shape index (κ1) is 28.1. The van der Waals surface area contributed by atoms with Crippen LogP contribution in [0.2, 0.25) is 0 Å². The summed E-state index contributed by atoms with van der Waals surface area (Å²) >= 11 is 0. The van der Waals surface area contributed by atoms with Gasteiger partial charge in [0.05, 0.1) is 16.4 Å². The molecule has 0 N–H and O–H groups in total. The van der Waals surface area contributed by atoms with Crippen molar-refractivity contribution in [2.45, 2.75) is 12.8 Å². The molecular weight excluding hydrogens is 629 g/mol. The summed E-state index contributed by atoms with van der Waals surface area (Å²) in [6, 6.07) is 47.9. The van der Waals surface area contributed by atoms with E-state index < -0.39 is 0 Å². The Morgan fingerprint density at radius 3 is 2.10 bits per heavy atom. The molecule has 51 heavy (non-hydrogen) atoms. The lowest BCUT2D eigenvalue weighted by Crippen LogP contribution is -2.28. The third-order valence-corrected chi connectivity index (χ3v) is 10.1. The van der Waals surface area contributed by atoms with E-state index in [0.29, 0.717) is 17.5 Å². The highest BCUT2D eigenvalue weighted by Gasteiger charge is 2.24. The normalized spacial score (nSPS) is 13.1. The van der Waals surface area contributed by atoms with Crippen LogP contribution in [0, 0.1) is 0 Å². The van der Waals surface area contributed by atoms with Crippen LogP contribution in [0.5, 0.6) is 0 Å². The first-order valence-electron chi connectivity index (χ1n) is 17.3. The number of rotatable bonds is 4. The van der Waals surface area contributed by atoms with Gasteiger partial charge in [-0.05, 0) is 61.4 Å². The molecule has 0 aliphatic heterocycles. The molecule has 4 aromatic heterocycles. The Hall–Kier alpha value is -6.79. The zero-order valence-corrected chi connectivity index (χ0v) is 27.4. The van der Waals surface area contributed by atoms with E-state index in [1.165, 1.54) is 10.8 Å². The third kappa shape index (κ3) is 4.20. The third-order valence-electron chi connectivity index (χ3n) is 10.1. The molecular formula is C45H28N4O2. The molecule has 0 bridgehead atoms. The summed E-state index contributed by atoms with van der Waals surface area (Å²) in [4.78, 5) is 15.7. The van der Waals surface area contributed by atoms with E-state index in [1.54, 1.807) is 0 Å². The summed E-state index contributed by atoms with van der Waals surface area (Å²) in [6.07, 6.45) is 3.79. The lowest BCUT2D eigenvalue weighted by Gasteiger charge is -2.13. The van der Waals surface area contributed by atoms with Crippen molar-refractivity contribution in [3.63, 3.8) is 0 Å². The van der Waals surface area contributed by atoms with E-state index in [0.717, 1.165) is 89.8 Å². The molecule has 11 rings (SSSR count). The van der Waals surface area contributed by atoms with Gasteiger partial charge in [-0.2, -0.15) is 0 Å². The number of aromatic nitrogens is 4. The minimum absolute atomic E-state index is 0.607. The molecule has 6 nitrogen and oxygen atoms in total. The van der Waals surface area contributed by atoms with E-state index in [-0.39, 0.29) is 0 Å². The number of furan rings is 2. The predicted molar refractivity (Wildman–Crippen MR) is 204 cm³/mol. The predicted octanol–water partition coefficient (Wildman–Crippen LogP) is 9.72. The maximum Gasteiger partial charge on any atom is 0.164 e. The van der Waals surface area contributed by atoms with Crippen molar-refractivity contribution < 1.29 is 8.83 Å². The summed E-state index contributed by atoms with van der Waals surface area (Å²) < 4.78 is 15.3. The fourth-order valence-corrected chi connectivity index (χ4v) is 7.95. The maximum absolute atomic E-state index is 6.69. The highest BCUT2D eigenvalue weighted by atomic mass is 16.3. The number of para-hydroxylation sites is 3. The highest BCUT2D eigenvalue weighted by Crippen LogP contribution is 2.38. The van der Waals surface area contributed by atoms with Crippen molar-refractivity contribution in [2.24, 2.45) is 0 Å². The van der Waals surface area contributed by atoms with Gasteiger partial charge in [0.15, 0.2) is 17.5 Å². The minimum Gasteiger partial charge on any atom is -0.456 e. The molecule has 0 radical (unpaired) electrons. The van der Waals surface area contributed by atoms with Gasteiger partial charge in [-0.1, -0.05) is 97.1 Å². The molecule has 6 heteroatoms. The number of benzene rings is 6. The second kappa shape index (κ2) is 10.9. The molecule has 0 unspecified atom stereocenters. The van der Waals surface area contributed by atoms with Crippen molar-refractivity contribution in [2.75, 3.05) is 0 Å². The van der Waals surface area contributed by atoms with Gasteiger partial charge in [0, 0.05) is 49.2 Å². The smallest absolute Gasteiger partial charge is 0.164 e. The van der Waals surface area contributed by atoms with Gasteiger partial charge in [-0.3, -0.25) is 0 Å². The van der Waals surface area contributed by atoms with Crippen molar-refractivity contribution in [3.8, 4) is 28.5 Å². The molecule has 0 spiro atoms. The van der Waals surface area contributed by atoms with Crippen LogP contribution in [-0.4, -0.2) is 19.5 Å². The Bertz CT molecular complexity index is 3140. The monoisotopic (exact) mass is 656 g/mol. The minimum atomic E-state index is 0.607. The van der Waals surface area contributed by atoms with Gasteiger partial charge < -0.3 is 13.4 Å². The molecule has 0 atom stereocenters. The van der Waals surface area contributed by atoms with Crippen LogP contribution in [0.4, 0.5) is 0 Å². The van der Waals surface area contributed by atoms with Gasteiger partial charge >= 0.3 is 0 Å². The number of hydrogen-bond donors (Lipinski definition) is 0. The average molecular weight is 657 g/mol. The van der Waals surface area contributed by atoms with Crippen LogP contribution in [0.1, 0.15) is 18.7 Å². The molecule has 0 fully saturated rings. The Balaban J connectivity index is 1.28. The van der Waals surface area contributed by atoms with Gasteiger partial charge in [0.1, 0.15) is 22.2 Å². The lowest BCUT2D eigenvalue weighted by atomic mass is 9.99. The molecule has 240 valence electrons. The van der Waals surface area contributed by atoms with Crippen molar-refractivity contribution >= 4 is 66.4 Å². The van der Waals surface area contributed by atoms with Crippen molar-refractivity contribution in [1.29, 1.82) is 0 Å². The quantitative estimate of drug-likeness (QED) is 0.189. The van der Waals surface area contributed by atoms with Gasteiger partial charge in [0.2, 0.25) is 0 Å². The van der Waals surface area contributed by atoms with Crippen LogP contribution in [0.25, 0.3) is 94.8 Å². The van der Waals surface area contributed by atoms with Crippen LogP contribution < -0.4 is 10.6 Å². The standard InChI is InChI=1S/C45H28N4O2/c1-3-13-27(14-4-1)43-46-44(32-19-11-23-36-39(32)31-18-8-10-22-35(31)50-36)48-45(47-43)33-20-12-24-37-40(33)41-38(51-37)26-25-30-29-17-7-9-21-34(29)49(42(30)41)28-15-5-2-6-16-28/h1-11,13-19,21-26H,12,20H2. The maximum atomic E-state index is 6.69. The van der Waals surface area contributed by atoms with E-state index in [4.69, 9.17) is 23.8 Å². The molecule has 0 saturated heterocycles. The largest absolute Gasteiger partial charge is 0.456 e. The average Bonchev–Trinajstić information content (AvgIpc) is 3.88. The second-order valence-corrected chi connectivity index (χ2v) is 13.0. The van der Waals surface area contributed by atoms with E-state index in [9.17, 15) is 0 Å². The Kier molecular flexibility index (Phi) is 5.98. The summed E-state index contributed by atoms with van der Waals surface area (Å²) in [5.41, 5.74) is 9.59. The summed E-state index contributed by atoms with van der Waals surface area (Å²) in [5.74, 6) is 1.89. The van der Waals surface area contributed by atoms with Gasteiger partial charge in [-0.25, -0.2) is 15.0 Å². The van der Waals surface area contributed by atoms with Gasteiger partial charge in [0.25, 0.3) is 0 Å². The fraction of sp³-hybridized carbons (Fsp3) is 0.0444. The Morgan fingerprint density at radius 1 is 0.510 bits per heavy atom. The molecule has 1 aliphatic carbocycles. The van der Waals surface area contributed by atoms with E-state index in [2.05, 4.69) is 102 Å². The number of hydrogen-bond acceptors (Lipinski definition) is 5. The first-order valence-corrected chi connectivity index (χ1v) is 17.3. The second-order valence-electron chi connectivity index (χ2n) is 13.0. The van der Waals surface area contributed by atoms with E-state index in [1.807, 2.05) is 48.5 Å². The molecule has 4 heterocycles. The summed E-state index contributed by atoms with van der Waals surface area (Å²) in [5, 5.41) is 6.52. The van der Waals surface area contributed by atoms with Crippen LogP contribution >= 0.6 is 0 Å². The molecule has 6 aromatic carbocycles. The lowest BCUT2D eigenvalue weighted by molar-refractivity contribution is 0.571. The van der Waals surface area contributed by atoms with Crippen LogP contribution in [0.3, 0.4) is 0 Å². The van der Waals surface area contributed by atoms with Crippen molar-refractivity contribution in [1.82, 2.24) is 19.5 Å². The zero-order valence-electron chi connectivity index (χ0n) is 27.4. The number of fused-ring (bicyclic) bond motifs is 10. The Labute approximate surface area is 291 Å². The molecule has 1 aliphatic rings. The molecule has 0 amide bonds. The highest BCUT2D eigenvalue weighted by molar-refractivity contribution is 6.18. The first-order chi connectivity index (χ1) is 25.3. The Morgan fingerprint density at radius 2 is 1.22 bits per heavy atom. The fourth-order valence-electron chi connectivity index (χ4n) is 7.95. The van der Waals surface area contributed by atoms with E-state index >= 15 is 0 Å². The zero-order chi connectivity index (χ0) is 33.5. The van der Waals surface area contributed by atoms with Crippen molar-refractivity contribution in [3.05, 3.63) is 156 Å². The van der Waals surface area contributed by atoms with Crippen LogP contribution in [0.15, 0.2) is 148 Å². The molecule has 10 aromatic rings. The SMILES string of the molecule is C1=c2oc3ccc4c5ccccc5n(-c5ccccc5)c4c3c2=C(c2nc(-c3ccccc3)nc(-c3cccc4oc5ccccc5c34)n2)CC1. The molecule has 0 saturated carbocycles. The van der Waals surface area contributed by atoms with Gasteiger partial charge in [-0.15, -0.1) is 0 Å². The number of nitrogens with zero attached hydrogens (tertiary/aromatic N) is 4. The summed E-state index contributed by atoms with van der Waals surface area (Å²) in [7, 11) is 0. The summed E-state index contributed by atoms with van der Waals surface area (Å²) in [6.45, 7) is 0.